The van der Waals surface area contributed by atoms with E-state index in [1.165, 1.54) is 0 Å². The summed E-state index contributed by atoms with van der Waals surface area (Å²) in [6.45, 7) is 2.07. The van der Waals surface area contributed by atoms with Gasteiger partial charge in [0.2, 0.25) is 0 Å². The molecule has 3 rings (SSSR count). The number of hydrogen-bond acceptors (Lipinski definition) is 4. The molecule has 4 nitrogen and oxygen atoms in total. The summed E-state index contributed by atoms with van der Waals surface area (Å²) in [6.07, 6.45) is 4.19. The fourth-order valence-electron chi connectivity index (χ4n) is 2.84. The van der Waals surface area contributed by atoms with E-state index in [4.69, 9.17) is 23.2 Å². The zero-order valence-corrected chi connectivity index (χ0v) is 13.7. The number of aromatic nitrogens is 2. The number of anilines is 1. The van der Waals surface area contributed by atoms with Crippen LogP contribution in [0.2, 0.25) is 10.2 Å². The maximum Gasteiger partial charge on any atom is 0.162 e. The average molecular weight is 325 g/mol. The molecule has 21 heavy (non-hydrogen) atoms. The van der Waals surface area contributed by atoms with Crippen molar-refractivity contribution in [2.45, 2.75) is 18.9 Å². The Balaban J connectivity index is 1.85. The predicted molar refractivity (Wildman–Crippen MR) is 88.5 cm³/mol. The fraction of sp³-hybridized carbons (Fsp3) is 0.467. The maximum absolute atomic E-state index is 6.25. The van der Waals surface area contributed by atoms with Crippen molar-refractivity contribution in [2.24, 2.45) is 0 Å². The topological polar surface area (TPSA) is 32.3 Å². The van der Waals surface area contributed by atoms with Crippen LogP contribution in [0.5, 0.6) is 0 Å². The highest BCUT2D eigenvalue weighted by atomic mass is 35.5. The quantitative estimate of drug-likeness (QED) is 0.792. The molecule has 0 bridgehead atoms. The van der Waals surface area contributed by atoms with E-state index in [0.29, 0.717) is 21.9 Å². The van der Waals surface area contributed by atoms with Crippen LogP contribution in [0.1, 0.15) is 12.8 Å². The van der Waals surface area contributed by atoms with Crippen molar-refractivity contribution in [3.8, 4) is 0 Å². The number of hydrogen-bond donors (Lipinski definition) is 0. The molecule has 1 aliphatic heterocycles. The van der Waals surface area contributed by atoms with E-state index in [1.807, 2.05) is 6.20 Å². The van der Waals surface area contributed by atoms with Crippen molar-refractivity contribution in [3.63, 3.8) is 0 Å². The van der Waals surface area contributed by atoms with Gasteiger partial charge in [-0.2, -0.15) is 0 Å². The average Bonchev–Trinajstić information content (AvgIpc) is 2.47. The summed E-state index contributed by atoms with van der Waals surface area (Å²) in [4.78, 5) is 13.3. The SMILES string of the molecule is CN(C)C1CCN(c2cnc3nc(Cl)cc(Cl)c3c2)CC1. The van der Waals surface area contributed by atoms with Crippen LogP contribution in [0.3, 0.4) is 0 Å². The van der Waals surface area contributed by atoms with Gasteiger partial charge in [0.1, 0.15) is 5.15 Å². The summed E-state index contributed by atoms with van der Waals surface area (Å²) in [5, 5.41) is 1.83. The molecular formula is C15H18Cl2N4. The Morgan fingerprint density at radius 2 is 1.90 bits per heavy atom. The van der Waals surface area contributed by atoms with Gasteiger partial charge in [0.25, 0.3) is 0 Å². The molecule has 2 aromatic rings. The minimum Gasteiger partial charge on any atom is -0.370 e. The smallest absolute Gasteiger partial charge is 0.162 e. The molecule has 0 saturated carbocycles. The summed E-state index contributed by atoms with van der Waals surface area (Å²) in [5.41, 5.74) is 1.70. The second-order valence-electron chi connectivity index (χ2n) is 5.67. The molecule has 1 fully saturated rings. The minimum atomic E-state index is 0.375. The molecule has 0 spiro atoms. The third-order valence-electron chi connectivity index (χ3n) is 4.13. The van der Waals surface area contributed by atoms with Crippen LogP contribution >= 0.6 is 23.2 Å². The van der Waals surface area contributed by atoms with Gasteiger partial charge >= 0.3 is 0 Å². The lowest BCUT2D eigenvalue weighted by Gasteiger charge is -2.36. The largest absolute Gasteiger partial charge is 0.370 e. The normalized spacial score (nSPS) is 16.9. The lowest BCUT2D eigenvalue weighted by atomic mass is 10.0. The predicted octanol–water partition coefficient (Wildman–Crippen LogP) is 3.47. The van der Waals surface area contributed by atoms with Gasteiger partial charge in [-0.25, -0.2) is 9.97 Å². The van der Waals surface area contributed by atoms with Crippen molar-refractivity contribution in [1.82, 2.24) is 14.9 Å². The molecular weight excluding hydrogens is 307 g/mol. The van der Waals surface area contributed by atoms with Crippen LogP contribution in [0, 0.1) is 0 Å². The zero-order chi connectivity index (χ0) is 15.0. The number of fused-ring (bicyclic) bond motifs is 1. The highest BCUT2D eigenvalue weighted by Gasteiger charge is 2.21. The van der Waals surface area contributed by atoms with Gasteiger partial charge in [-0.05, 0) is 39.1 Å². The molecule has 0 atom stereocenters. The Hall–Kier alpha value is -1.10. The molecule has 3 heterocycles. The van der Waals surface area contributed by atoms with E-state index in [9.17, 15) is 0 Å². The molecule has 1 saturated heterocycles. The molecule has 6 heteroatoms. The van der Waals surface area contributed by atoms with E-state index in [2.05, 4.69) is 39.9 Å². The van der Waals surface area contributed by atoms with Crippen LogP contribution in [-0.4, -0.2) is 48.1 Å². The third kappa shape index (κ3) is 3.07. The van der Waals surface area contributed by atoms with E-state index < -0.39 is 0 Å². The van der Waals surface area contributed by atoms with Gasteiger partial charge in [-0.3, -0.25) is 0 Å². The van der Waals surface area contributed by atoms with Gasteiger partial charge in [0, 0.05) is 24.5 Å². The second-order valence-corrected chi connectivity index (χ2v) is 6.47. The number of piperidine rings is 1. The molecule has 0 aliphatic carbocycles. The first-order valence-corrected chi connectivity index (χ1v) is 7.83. The Morgan fingerprint density at radius 1 is 1.19 bits per heavy atom. The fourth-order valence-corrected chi connectivity index (χ4v) is 3.33. The highest BCUT2D eigenvalue weighted by molar-refractivity contribution is 6.37. The van der Waals surface area contributed by atoms with Crippen molar-refractivity contribution in [3.05, 3.63) is 28.5 Å². The number of nitrogens with zero attached hydrogens (tertiary/aromatic N) is 4. The lowest BCUT2D eigenvalue weighted by Crippen LogP contribution is -2.42. The Labute approximate surface area is 134 Å². The van der Waals surface area contributed by atoms with Crippen molar-refractivity contribution in [2.75, 3.05) is 32.1 Å². The first-order chi connectivity index (χ1) is 10.0. The third-order valence-corrected chi connectivity index (χ3v) is 4.63. The Kier molecular flexibility index (Phi) is 4.20. The Morgan fingerprint density at radius 3 is 2.57 bits per heavy atom. The van der Waals surface area contributed by atoms with E-state index in [1.54, 1.807) is 6.07 Å². The van der Waals surface area contributed by atoms with E-state index >= 15 is 0 Å². The highest BCUT2D eigenvalue weighted by Crippen LogP contribution is 2.29. The number of pyridine rings is 2. The molecule has 0 N–H and O–H groups in total. The summed E-state index contributed by atoms with van der Waals surface area (Å²) >= 11 is 12.2. The first kappa shape index (κ1) is 14.8. The minimum absolute atomic E-state index is 0.375. The molecule has 0 aromatic carbocycles. The van der Waals surface area contributed by atoms with Gasteiger partial charge in [-0.1, -0.05) is 23.2 Å². The Bertz CT molecular complexity index is 651. The zero-order valence-electron chi connectivity index (χ0n) is 12.2. The molecule has 0 unspecified atom stereocenters. The van der Waals surface area contributed by atoms with Crippen LogP contribution in [0.25, 0.3) is 11.0 Å². The molecule has 1 aliphatic rings. The van der Waals surface area contributed by atoms with Crippen molar-refractivity contribution < 1.29 is 0 Å². The van der Waals surface area contributed by atoms with Crippen molar-refractivity contribution in [1.29, 1.82) is 0 Å². The maximum atomic E-state index is 6.25. The summed E-state index contributed by atoms with van der Waals surface area (Å²) in [6, 6.07) is 4.39. The molecule has 2 aromatic heterocycles. The standard InChI is InChI=1S/C15H18Cl2N4/c1-20(2)10-3-5-21(6-4-10)11-7-12-13(16)8-14(17)19-15(12)18-9-11/h7-10H,3-6H2,1-2H3. The lowest BCUT2D eigenvalue weighted by molar-refractivity contribution is 0.249. The summed E-state index contributed by atoms with van der Waals surface area (Å²) < 4.78 is 0. The van der Waals surface area contributed by atoms with Gasteiger partial charge < -0.3 is 9.80 Å². The molecule has 0 amide bonds. The van der Waals surface area contributed by atoms with E-state index in [-0.39, 0.29) is 0 Å². The van der Waals surface area contributed by atoms with Crippen LogP contribution < -0.4 is 4.90 Å². The van der Waals surface area contributed by atoms with Gasteiger partial charge in [-0.15, -0.1) is 0 Å². The van der Waals surface area contributed by atoms with Crippen LogP contribution in [-0.2, 0) is 0 Å². The monoisotopic (exact) mass is 324 g/mol. The van der Waals surface area contributed by atoms with Crippen LogP contribution in [0.15, 0.2) is 18.3 Å². The number of halogens is 2. The van der Waals surface area contributed by atoms with E-state index in [0.717, 1.165) is 37.0 Å². The second kappa shape index (κ2) is 5.95. The molecule has 112 valence electrons. The van der Waals surface area contributed by atoms with Crippen molar-refractivity contribution >= 4 is 39.9 Å². The molecule has 0 radical (unpaired) electrons. The first-order valence-electron chi connectivity index (χ1n) is 7.08. The summed E-state index contributed by atoms with van der Waals surface area (Å²) in [5.74, 6) is 0. The number of rotatable bonds is 2. The van der Waals surface area contributed by atoms with Gasteiger partial charge in [0.05, 0.1) is 16.9 Å². The van der Waals surface area contributed by atoms with Gasteiger partial charge in [0.15, 0.2) is 5.65 Å². The van der Waals surface area contributed by atoms with Crippen LogP contribution in [0.4, 0.5) is 5.69 Å². The summed E-state index contributed by atoms with van der Waals surface area (Å²) in [7, 11) is 4.29.